The minimum absolute atomic E-state index is 0.0432. The molecule has 0 N–H and O–H groups in total. The van der Waals surface area contributed by atoms with E-state index in [1.807, 2.05) is 34.7 Å². The van der Waals surface area contributed by atoms with Gasteiger partial charge in [0, 0.05) is 19.4 Å². The highest BCUT2D eigenvalue weighted by Gasteiger charge is 2.30. The summed E-state index contributed by atoms with van der Waals surface area (Å²) in [6.45, 7) is 8.12. The number of nitrogens with zero attached hydrogens (tertiary/aromatic N) is 4. The van der Waals surface area contributed by atoms with Crippen molar-refractivity contribution in [2.75, 3.05) is 13.3 Å². The molecule has 1 aromatic heterocycles. The van der Waals surface area contributed by atoms with Gasteiger partial charge in [-0.15, -0.1) is 0 Å². The van der Waals surface area contributed by atoms with Crippen LogP contribution >= 0.6 is 0 Å². The Balaban J connectivity index is 1.37. The van der Waals surface area contributed by atoms with Crippen LogP contribution in [0.25, 0.3) is 0 Å². The van der Waals surface area contributed by atoms with Gasteiger partial charge in [0.2, 0.25) is 12.7 Å². The molecule has 1 aromatic carbocycles. The third-order valence-corrected chi connectivity index (χ3v) is 5.47. The van der Waals surface area contributed by atoms with Crippen LogP contribution in [0.5, 0.6) is 11.5 Å². The number of benzene rings is 1. The van der Waals surface area contributed by atoms with Gasteiger partial charge < -0.3 is 14.4 Å². The van der Waals surface area contributed by atoms with Crippen molar-refractivity contribution in [3.8, 4) is 11.5 Å². The number of hydrogen-bond acceptors (Lipinski definition) is 5. The maximum atomic E-state index is 12.9. The summed E-state index contributed by atoms with van der Waals surface area (Å²) in [6, 6.07) is 5.83. The molecule has 0 saturated carbocycles. The molecule has 0 spiro atoms. The smallest absolute Gasteiger partial charge is 0.231 e. The van der Waals surface area contributed by atoms with E-state index in [2.05, 4.69) is 18.9 Å². The molecule has 2 aromatic rings. The molecule has 0 fully saturated rings. The second-order valence-electron chi connectivity index (χ2n) is 7.99. The van der Waals surface area contributed by atoms with E-state index in [1.165, 1.54) is 0 Å². The molecule has 7 heteroatoms. The van der Waals surface area contributed by atoms with Crippen LogP contribution in [0.3, 0.4) is 0 Å². The summed E-state index contributed by atoms with van der Waals surface area (Å²) in [7, 11) is 0. The molecule has 0 saturated heterocycles. The van der Waals surface area contributed by atoms with Crippen molar-refractivity contribution in [3.63, 3.8) is 0 Å². The zero-order chi connectivity index (χ0) is 19.7. The number of aryl methyl sites for hydroxylation is 2. The maximum Gasteiger partial charge on any atom is 0.231 e. The van der Waals surface area contributed by atoms with E-state index in [4.69, 9.17) is 14.5 Å². The fraction of sp³-hybridized carbons (Fsp3) is 0.571. The molecule has 0 bridgehead atoms. The Morgan fingerprint density at radius 1 is 1.21 bits per heavy atom. The second kappa shape index (κ2) is 7.81. The molecule has 150 valence electrons. The van der Waals surface area contributed by atoms with Gasteiger partial charge in [0.15, 0.2) is 17.3 Å². The van der Waals surface area contributed by atoms with Gasteiger partial charge in [-0.1, -0.05) is 19.9 Å². The van der Waals surface area contributed by atoms with Crippen LogP contribution in [0.2, 0.25) is 0 Å². The third kappa shape index (κ3) is 3.84. The molecule has 0 aliphatic carbocycles. The van der Waals surface area contributed by atoms with Crippen molar-refractivity contribution in [1.29, 1.82) is 0 Å². The first-order valence-corrected chi connectivity index (χ1v) is 10.1. The fourth-order valence-corrected chi connectivity index (χ4v) is 3.77. The first-order valence-electron chi connectivity index (χ1n) is 10.1. The highest BCUT2D eigenvalue weighted by atomic mass is 16.7. The first kappa shape index (κ1) is 18.8. The summed E-state index contributed by atoms with van der Waals surface area (Å²) < 4.78 is 12.7. The van der Waals surface area contributed by atoms with Crippen molar-refractivity contribution < 1.29 is 14.3 Å². The van der Waals surface area contributed by atoms with Gasteiger partial charge in [-0.3, -0.25) is 4.79 Å². The van der Waals surface area contributed by atoms with Crippen LogP contribution in [-0.2, 0) is 24.2 Å². The molecular formula is C21H28N4O3. The van der Waals surface area contributed by atoms with Crippen LogP contribution in [0.1, 0.15) is 56.9 Å². The molecule has 1 amide bonds. The largest absolute Gasteiger partial charge is 0.454 e. The Morgan fingerprint density at radius 2 is 2.04 bits per heavy atom. The Labute approximate surface area is 165 Å². The van der Waals surface area contributed by atoms with E-state index in [-0.39, 0.29) is 18.7 Å². The zero-order valence-corrected chi connectivity index (χ0v) is 16.9. The lowest BCUT2D eigenvalue weighted by molar-refractivity contribution is -0.134. The van der Waals surface area contributed by atoms with Gasteiger partial charge in [-0.25, -0.2) is 9.67 Å². The fourth-order valence-electron chi connectivity index (χ4n) is 3.77. The lowest BCUT2D eigenvalue weighted by Gasteiger charge is -2.33. The minimum Gasteiger partial charge on any atom is -0.454 e. The highest BCUT2D eigenvalue weighted by molar-refractivity contribution is 5.77. The van der Waals surface area contributed by atoms with E-state index in [9.17, 15) is 4.79 Å². The minimum atomic E-state index is -0.0432. The van der Waals surface area contributed by atoms with E-state index in [0.717, 1.165) is 41.6 Å². The second-order valence-corrected chi connectivity index (χ2v) is 7.99. The lowest BCUT2D eigenvalue weighted by Crippen LogP contribution is -2.41. The average molecular weight is 384 g/mol. The van der Waals surface area contributed by atoms with Crippen LogP contribution in [-0.4, -0.2) is 38.9 Å². The summed E-state index contributed by atoms with van der Waals surface area (Å²) in [5, 5.41) is 4.64. The Bertz CT molecular complexity index is 861. The molecule has 2 aliphatic rings. The standard InChI is InChI=1S/C21H28N4O3/c1-14(2)4-8-19-22-21-15(3)24(10-11-25(21)23-19)20(26)9-6-16-5-7-17-18(12-16)28-13-27-17/h5,7,12,14-15H,4,6,8-11,13H2,1-3H3/t15-/m1/s1. The Kier molecular flexibility index (Phi) is 5.24. The topological polar surface area (TPSA) is 69.5 Å². The summed E-state index contributed by atoms with van der Waals surface area (Å²) in [5.74, 6) is 4.12. The Hall–Kier alpha value is -2.57. The van der Waals surface area contributed by atoms with E-state index in [0.29, 0.717) is 31.8 Å². The van der Waals surface area contributed by atoms with E-state index < -0.39 is 0 Å². The predicted octanol–water partition coefficient (Wildman–Crippen LogP) is 3.13. The molecule has 7 nitrogen and oxygen atoms in total. The lowest BCUT2D eigenvalue weighted by atomic mass is 10.1. The highest BCUT2D eigenvalue weighted by Crippen LogP contribution is 2.33. The van der Waals surface area contributed by atoms with Gasteiger partial charge in [0.25, 0.3) is 0 Å². The maximum absolute atomic E-state index is 12.9. The van der Waals surface area contributed by atoms with Crippen LogP contribution in [0.15, 0.2) is 18.2 Å². The molecule has 2 aliphatic heterocycles. The number of carbonyl (C=O) groups is 1. The van der Waals surface area contributed by atoms with Gasteiger partial charge in [0.1, 0.15) is 5.82 Å². The third-order valence-electron chi connectivity index (χ3n) is 5.47. The van der Waals surface area contributed by atoms with Crippen LogP contribution in [0, 0.1) is 5.92 Å². The van der Waals surface area contributed by atoms with Crippen molar-refractivity contribution >= 4 is 5.91 Å². The molecule has 28 heavy (non-hydrogen) atoms. The molecule has 3 heterocycles. The SMILES string of the molecule is CC(C)CCc1nc2n(n1)CCN(C(=O)CCc1ccc3c(c1)OCO3)[C@@H]2C. The number of aromatic nitrogens is 3. The van der Waals surface area contributed by atoms with Gasteiger partial charge >= 0.3 is 0 Å². The molecule has 1 atom stereocenters. The average Bonchev–Trinajstić information content (AvgIpc) is 3.31. The summed E-state index contributed by atoms with van der Waals surface area (Å²) in [6.07, 6.45) is 3.13. The number of rotatable bonds is 6. The van der Waals surface area contributed by atoms with Gasteiger partial charge in [0.05, 0.1) is 12.6 Å². The molecule has 0 radical (unpaired) electrons. The summed E-state index contributed by atoms with van der Waals surface area (Å²) in [4.78, 5) is 19.5. The molecule has 0 unspecified atom stereocenters. The van der Waals surface area contributed by atoms with E-state index in [1.54, 1.807) is 0 Å². The summed E-state index contributed by atoms with van der Waals surface area (Å²) >= 11 is 0. The van der Waals surface area contributed by atoms with Gasteiger partial charge in [-0.05, 0) is 43.4 Å². The monoisotopic (exact) mass is 384 g/mol. The molecular weight excluding hydrogens is 356 g/mol. The normalized spacial score (nSPS) is 17.9. The van der Waals surface area contributed by atoms with E-state index >= 15 is 0 Å². The number of ether oxygens (including phenoxy) is 2. The Morgan fingerprint density at radius 3 is 2.86 bits per heavy atom. The summed E-state index contributed by atoms with van der Waals surface area (Å²) in [5.41, 5.74) is 1.08. The predicted molar refractivity (Wildman–Crippen MR) is 104 cm³/mol. The van der Waals surface area contributed by atoms with Crippen molar-refractivity contribution in [2.24, 2.45) is 5.92 Å². The van der Waals surface area contributed by atoms with Crippen molar-refractivity contribution in [1.82, 2.24) is 19.7 Å². The van der Waals surface area contributed by atoms with Crippen molar-refractivity contribution in [2.45, 2.75) is 59.0 Å². The van der Waals surface area contributed by atoms with Gasteiger partial charge in [-0.2, -0.15) is 5.10 Å². The van der Waals surface area contributed by atoms with Crippen molar-refractivity contribution in [3.05, 3.63) is 35.4 Å². The number of fused-ring (bicyclic) bond motifs is 2. The first-order chi connectivity index (χ1) is 13.5. The van der Waals surface area contributed by atoms with Crippen LogP contribution in [0.4, 0.5) is 0 Å². The number of amides is 1. The molecule has 4 rings (SSSR count). The quantitative estimate of drug-likeness (QED) is 0.765. The number of carbonyl (C=O) groups excluding carboxylic acids is 1. The zero-order valence-electron chi connectivity index (χ0n) is 16.9. The van der Waals surface area contributed by atoms with Crippen LogP contribution < -0.4 is 9.47 Å². The number of hydrogen-bond donors (Lipinski definition) is 0.